The normalized spacial score (nSPS) is 11.9. The SMILES string of the molecule is C=C(N=C(C)c1ccc(C)c(N=CC)c1)c1ccccc1. The maximum atomic E-state index is 4.62. The van der Waals surface area contributed by atoms with Gasteiger partial charge >= 0.3 is 0 Å². The molecule has 2 aromatic carbocycles. The highest BCUT2D eigenvalue weighted by molar-refractivity contribution is 6.02. The fourth-order valence-electron chi connectivity index (χ4n) is 2.07. The second-order valence-electron chi connectivity index (χ2n) is 4.90. The molecular formula is C19H20N2. The van der Waals surface area contributed by atoms with E-state index < -0.39 is 0 Å². The van der Waals surface area contributed by atoms with E-state index in [-0.39, 0.29) is 0 Å². The average molecular weight is 276 g/mol. The Kier molecular flexibility index (Phi) is 4.83. The molecule has 0 unspecified atom stereocenters. The van der Waals surface area contributed by atoms with E-state index in [1.165, 1.54) is 0 Å². The minimum absolute atomic E-state index is 0.772. The van der Waals surface area contributed by atoms with Gasteiger partial charge in [0.25, 0.3) is 0 Å². The van der Waals surface area contributed by atoms with Crippen molar-refractivity contribution in [3.8, 4) is 0 Å². The van der Waals surface area contributed by atoms with Crippen molar-refractivity contribution in [2.24, 2.45) is 9.98 Å². The lowest BCUT2D eigenvalue weighted by atomic mass is 10.1. The highest BCUT2D eigenvalue weighted by Crippen LogP contribution is 2.21. The number of rotatable bonds is 4. The van der Waals surface area contributed by atoms with E-state index in [1.807, 2.05) is 50.4 Å². The summed E-state index contributed by atoms with van der Waals surface area (Å²) in [5.74, 6) is 0. The van der Waals surface area contributed by atoms with E-state index in [9.17, 15) is 0 Å². The molecule has 0 spiro atoms. The van der Waals surface area contributed by atoms with Crippen molar-refractivity contribution in [2.45, 2.75) is 20.8 Å². The monoisotopic (exact) mass is 276 g/mol. The van der Waals surface area contributed by atoms with Crippen molar-refractivity contribution < 1.29 is 0 Å². The predicted octanol–water partition coefficient (Wildman–Crippen LogP) is 5.20. The quantitative estimate of drug-likeness (QED) is 0.686. The third-order valence-corrected chi connectivity index (χ3v) is 3.30. The van der Waals surface area contributed by atoms with Crippen molar-refractivity contribution >= 4 is 23.3 Å². The summed E-state index contributed by atoms with van der Waals surface area (Å²) in [5, 5.41) is 0. The number of aliphatic imine (C=N–C) groups is 2. The smallest absolute Gasteiger partial charge is 0.0661 e. The molecule has 2 aromatic rings. The van der Waals surface area contributed by atoms with Crippen molar-refractivity contribution in [1.82, 2.24) is 0 Å². The van der Waals surface area contributed by atoms with E-state index in [0.29, 0.717) is 0 Å². The van der Waals surface area contributed by atoms with Crippen molar-refractivity contribution in [2.75, 3.05) is 0 Å². The zero-order valence-corrected chi connectivity index (χ0v) is 12.8. The first-order valence-electron chi connectivity index (χ1n) is 7.01. The van der Waals surface area contributed by atoms with Gasteiger partial charge in [-0.3, -0.25) is 9.98 Å². The Morgan fingerprint density at radius 2 is 1.76 bits per heavy atom. The molecule has 0 aromatic heterocycles. The first-order chi connectivity index (χ1) is 10.1. The summed E-state index contributed by atoms with van der Waals surface area (Å²) in [7, 11) is 0. The van der Waals surface area contributed by atoms with Gasteiger partial charge in [-0.05, 0) is 43.5 Å². The molecule has 2 heteroatoms. The summed E-state index contributed by atoms with van der Waals surface area (Å²) >= 11 is 0. The molecule has 0 atom stereocenters. The highest BCUT2D eigenvalue weighted by atomic mass is 14.8. The molecule has 0 heterocycles. The molecule has 0 bridgehead atoms. The zero-order chi connectivity index (χ0) is 15.2. The fraction of sp³-hybridized carbons (Fsp3) is 0.158. The van der Waals surface area contributed by atoms with Crippen LogP contribution in [0.15, 0.2) is 65.1 Å². The van der Waals surface area contributed by atoms with Crippen LogP contribution in [0.25, 0.3) is 5.70 Å². The largest absolute Gasteiger partial charge is 0.261 e. The standard InChI is InChI=1S/C19H20N2/c1-5-20-19-13-18(12-11-14(19)2)16(4)21-15(3)17-9-7-6-8-10-17/h5-13H,3H2,1-2,4H3. The zero-order valence-electron chi connectivity index (χ0n) is 12.8. The molecule has 2 nitrogen and oxygen atoms in total. The van der Waals surface area contributed by atoms with Crippen LogP contribution in [0.4, 0.5) is 5.69 Å². The summed E-state index contributed by atoms with van der Waals surface area (Å²) in [6, 6.07) is 16.2. The molecule has 0 amide bonds. The van der Waals surface area contributed by atoms with Gasteiger partial charge in [-0.2, -0.15) is 0 Å². The van der Waals surface area contributed by atoms with Crippen LogP contribution < -0.4 is 0 Å². The third kappa shape index (κ3) is 3.76. The van der Waals surface area contributed by atoms with E-state index in [4.69, 9.17) is 0 Å². The number of hydrogen-bond donors (Lipinski definition) is 0. The van der Waals surface area contributed by atoms with Gasteiger partial charge < -0.3 is 0 Å². The van der Waals surface area contributed by atoms with Crippen LogP contribution in [0.1, 0.15) is 30.5 Å². The molecule has 0 N–H and O–H groups in total. The van der Waals surface area contributed by atoms with Crippen molar-refractivity contribution in [3.05, 3.63) is 71.8 Å². The predicted molar refractivity (Wildman–Crippen MR) is 92.7 cm³/mol. The summed E-state index contributed by atoms with van der Waals surface area (Å²) in [6.45, 7) is 10.0. The van der Waals surface area contributed by atoms with E-state index in [1.54, 1.807) is 0 Å². The molecule has 21 heavy (non-hydrogen) atoms. The molecule has 0 fully saturated rings. The van der Waals surface area contributed by atoms with E-state index >= 15 is 0 Å². The lowest BCUT2D eigenvalue weighted by molar-refractivity contribution is 1.38. The second kappa shape index (κ2) is 6.80. The minimum Gasteiger partial charge on any atom is -0.261 e. The Hall–Kier alpha value is -2.48. The Bertz CT molecular complexity index is 695. The van der Waals surface area contributed by atoms with Crippen LogP contribution in [0.3, 0.4) is 0 Å². The molecule has 2 rings (SSSR count). The van der Waals surface area contributed by atoms with Crippen LogP contribution in [-0.4, -0.2) is 11.9 Å². The molecule has 0 aliphatic heterocycles. The Balaban J connectivity index is 2.31. The number of hydrogen-bond acceptors (Lipinski definition) is 2. The maximum Gasteiger partial charge on any atom is 0.0661 e. The molecular weight excluding hydrogens is 256 g/mol. The van der Waals surface area contributed by atoms with Gasteiger partial charge in [0.15, 0.2) is 0 Å². The Labute approximate surface area is 126 Å². The topological polar surface area (TPSA) is 24.7 Å². The molecule has 0 saturated heterocycles. The Morgan fingerprint density at radius 1 is 1.05 bits per heavy atom. The van der Waals surface area contributed by atoms with Gasteiger partial charge in [-0.25, -0.2) is 0 Å². The Morgan fingerprint density at radius 3 is 2.43 bits per heavy atom. The lowest BCUT2D eigenvalue weighted by Gasteiger charge is -2.07. The number of aryl methyl sites for hydroxylation is 1. The van der Waals surface area contributed by atoms with E-state index in [0.717, 1.165) is 33.8 Å². The number of nitrogens with zero attached hydrogens (tertiary/aromatic N) is 2. The molecule has 0 aliphatic rings. The number of benzene rings is 2. The fourth-order valence-corrected chi connectivity index (χ4v) is 2.07. The third-order valence-electron chi connectivity index (χ3n) is 3.30. The first kappa shape index (κ1) is 14.9. The summed E-state index contributed by atoms with van der Waals surface area (Å²) in [4.78, 5) is 9.00. The van der Waals surface area contributed by atoms with Crippen LogP contribution >= 0.6 is 0 Å². The van der Waals surface area contributed by atoms with Gasteiger partial charge in [0.05, 0.1) is 11.4 Å². The highest BCUT2D eigenvalue weighted by Gasteiger charge is 2.03. The van der Waals surface area contributed by atoms with Crippen molar-refractivity contribution in [3.63, 3.8) is 0 Å². The average Bonchev–Trinajstić information content (AvgIpc) is 2.50. The van der Waals surface area contributed by atoms with Crippen LogP contribution in [0.5, 0.6) is 0 Å². The van der Waals surface area contributed by atoms with Crippen LogP contribution in [-0.2, 0) is 0 Å². The van der Waals surface area contributed by atoms with Crippen LogP contribution in [0, 0.1) is 6.92 Å². The maximum absolute atomic E-state index is 4.62. The molecule has 0 saturated carbocycles. The molecule has 106 valence electrons. The summed E-state index contributed by atoms with van der Waals surface area (Å²) in [5.41, 5.74) is 5.96. The van der Waals surface area contributed by atoms with Crippen molar-refractivity contribution in [1.29, 1.82) is 0 Å². The molecule has 0 aliphatic carbocycles. The second-order valence-corrected chi connectivity index (χ2v) is 4.90. The molecule has 0 radical (unpaired) electrons. The summed E-state index contributed by atoms with van der Waals surface area (Å²) < 4.78 is 0. The van der Waals surface area contributed by atoms with E-state index in [2.05, 4.69) is 41.7 Å². The van der Waals surface area contributed by atoms with Gasteiger partial charge in [-0.1, -0.05) is 49.0 Å². The lowest BCUT2D eigenvalue weighted by Crippen LogP contribution is -1.95. The van der Waals surface area contributed by atoms with Gasteiger partial charge in [0.1, 0.15) is 0 Å². The van der Waals surface area contributed by atoms with Gasteiger partial charge in [0.2, 0.25) is 0 Å². The van der Waals surface area contributed by atoms with Gasteiger partial charge in [0, 0.05) is 11.9 Å². The van der Waals surface area contributed by atoms with Gasteiger partial charge in [-0.15, -0.1) is 0 Å². The first-order valence-corrected chi connectivity index (χ1v) is 7.01. The minimum atomic E-state index is 0.772. The van der Waals surface area contributed by atoms with Crippen LogP contribution in [0.2, 0.25) is 0 Å². The summed E-state index contributed by atoms with van der Waals surface area (Å²) in [6.07, 6.45) is 1.81.